The van der Waals surface area contributed by atoms with E-state index in [2.05, 4.69) is 37.8 Å². The predicted octanol–water partition coefficient (Wildman–Crippen LogP) is 3.44. The lowest BCUT2D eigenvalue weighted by atomic mass is 9.85. The maximum absolute atomic E-state index is 9.80. The topological polar surface area (TPSA) is 32.3 Å². The molecule has 18 heavy (non-hydrogen) atoms. The number of aliphatic hydroxyl groups is 1. The second-order valence-electron chi connectivity index (χ2n) is 5.71. The third-order valence-electron chi connectivity index (χ3n) is 4.41. The summed E-state index contributed by atoms with van der Waals surface area (Å²) in [5.74, 6) is 1.92. The molecule has 3 atom stereocenters. The standard InChI is InChI=1S/C15H31NOS/c1-4-10-16-15(12-17)9-6-7-14(15)8-11-18-13(3)5-2/h13-14,16-17H,4-12H2,1-3H3. The van der Waals surface area contributed by atoms with Crippen molar-refractivity contribution in [2.45, 2.75) is 70.1 Å². The Morgan fingerprint density at radius 2 is 2.22 bits per heavy atom. The molecule has 2 N–H and O–H groups in total. The lowest BCUT2D eigenvalue weighted by molar-refractivity contribution is 0.122. The minimum absolute atomic E-state index is 0.0338. The number of hydrogen-bond donors (Lipinski definition) is 2. The van der Waals surface area contributed by atoms with Gasteiger partial charge >= 0.3 is 0 Å². The Labute approximate surface area is 117 Å². The molecular weight excluding hydrogens is 242 g/mol. The molecule has 0 amide bonds. The molecule has 0 aromatic heterocycles. The number of thioether (sulfide) groups is 1. The third-order valence-corrected chi connectivity index (χ3v) is 5.78. The van der Waals surface area contributed by atoms with Gasteiger partial charge in [0.1, 0.15) is 0 Å². The highest BCUT2D eigenvalue weighted by Gasteiger charge is 2.41. The summed E-state index contributed by atoms with van der Waals surface area (Å²) in [6.45, 7) is 8.12. The van der Waals surface area contributed by atoms with E-state index in [1.54, 1.807) is 0 Å². The van der Waals surface area contributed by atoms with E-state index in [1.807, 2.05) is 0 Å². The summed E-state index contributed by atoms with van der Waals surface area (Å²) in [4.78, 5) is 0. The number of hydrogen-bond acceptors (Lipinski definition) is 3. The van der Waals surface area contributed by atoms with Gasteiger partial charge in [-0.3, -0.25) is 0 Å². The van der Waals surface area contributed by atoms with Crippen LogP contribution in [0, 0.1) is 5.92 Å². The number of rotatable bonds is 9. The van der Waals surface area contributed by atoms with Crippen molar-refractivity contribution in [1.29, 1.82) is 0 Å². The quantitative estimate of drug-likeness (QED) is 0.675. The first-order valence-electron chi connectivity index (χ1n) is 7.66. The van der Waals surface area contributed by atoms with Gasteiger partial charge in [0.2, 0.25) is 0 Å². The molecule has 3 heteroatoms. The van der Waals surface area contributed by atoms with Crippen molar-refractivity contribution < 1.29 is 5.11 Å². The van der Waals surface area contributed by atoms with E-state index in [0.29, 0.717) is 12.5 Å². The lowest BCUT2D eigenvalue weighted by Crippen LogP contribution is -2.51. The van der Waals surface area contributed by atoms with Crippen LogP contribution in [0.3, 0.4) is 0 Å². The van der Waals surface area contributed by atoms with Gasteiger partial charge in [-0.1, -0.05) is 27.2 Å². The summed E-state index contributed by atoms with van der Waals surface area (Å²) >= 11 is 2.09. The van der Waals surface area contributed by atoms with Crippen molar-refractivity contribution in [2.75, 3.05) is 18.9 Å². The average molecular weight is 273 g/mol. The van der Waals surface area contributed by atoms with Gasteiger partial charge in [0.15, 0.2) is 0 Å². The second-order valence-corrected chi connectivity index (χ2v) is 7.25. The van der Waals surface area contributed by atoms with Crippen LogP contribution in [0.1, 0.15) is 59.3 Å². The molecule has 0 aromatic rings. The van der Waals surface area contributed by atoms with E-state index in [1.165, 1.54) is 31.4 Å². The molecule has 2 nitrogen and oxygen atoms in total. The maximum Gasteiger partial charge on any atom is 0.0616 e. The monoisotopic (exact) mass is 273 g/mol. The van der Waals surface area contributed by atoms with Crippen molar-refractivity contribution in [2.24, 2.45) is 5.92 Å². The van der Waals surface area contributed by atoms with Crippen LogP contribution in [0.25, 0.3) is 0 Å². The molecule has 3 unspecified atom stereocenters. The summed E-state index contributed by atoms with van der Waals surface area (Å²) < 4.78 is 0. The van der Waals surface area contributed by atoms with E-state index in [9.17, 15) is 5.11 Å². The van der Waals surface area contributed by atoms with Crippen LogP contribution in [0.15, 0.2) is 0 Å². The van der Waals surface area contributed by atoms with Gasteiger partial charge in [0.05, 0.1) is 6.61 Å². The highest BCUT2D eigenvalue weighted by molar-refractivity contribution is 7.99. The van der Waals surface area contributed by atoms with Crippen molar-refractivity contribution in [3.8, 4) is 0 Å². The van der Waals surface area contributed by atoms with Crippen LogP contribution in [0.4, 0.5) is 0 Å². The smallest absolute Gasteiger partial charge is 0.0616 e. The fourth-order valence-corrected chi connectivity index (χ4v) is 4.02. The fourth-order valence-electron chi connectivity index (χ4n) is 2.97. The van der Waals surface area contributed by atoms with Gasteiger partial charge in [-0.05, 0) is 50.3 Å². The van der Waals surface area contributed by atoms with E-state index >= 15 is 0 Å². The largest absolute Gasteiger partial charge is 0.394 e. The molecule has 1 aliphatic carbocycles. The summed E-state index contributed by atoms with van der Waals surface area (Å²) in [5.41, 5.74) is 0.0338. The van der Waals surface area contributed by atoms with Crippen molar-refractivity contribution in [3.63, 3.8) is 0 Å². The summed E-state index contributed by atoms with van der Waals surface area (Å²) in [7, 11) is 0. The van der Waals surface area contributed by atoms with Gasteiger partial charge in [-0.15, -0.1) is 0 Å². The Morgan fingerprint density at radius 1 is 1.44 bits per heavy atom. The molecule has 0 saturated heterocycles. The normalized spacial score (nSPS) is 29.7. The molecule has 0 spiro atoms. The first-order valence-corrected chi connectivity index (χ1v) is 8.71. The van der Waals surface area contributed by atoms with Gasteiger partial charge < -0.3 is 10.4 Å². The van der Waals surface area contributed by atoms with Crippen LogP contribution in [-0.4, -0.2) is 34.8 Å². The van der Waals surface area contributed by atoms with Crippen molar-refractivity contribution in [1.82, 2.24) is 5.32 Å². The molecule has 1 fully saturated rings. The van der Waals surface area contributed by atoms with Crippen LogP contribution in [0.2, 0.25) is 0 Å². The van der Waals surface area contributed by atoms with Crippen LogP contribution < -0.4 is 5.32 Å². The van der Waals surface area contributed by atoms with E-state index < -0.39 is 0 Å². The Morgan fingerprint density at radius 3 is 2.83 bits per heavy atom. The molecule has 1 aliphatic rings. The molecule has 0 aromatic carbocycles. The number of nitrogens with one attached hydrogen (secondary N) is 1. The molecule has 1 saturated carbocycles. The minimum Gasteiger partial charge on any atom is -0.394 e. The number of aliphatic hydroxyl groups excluding tert-OH is 1. The molecule has 0 radical (unpaired) electrons. The SMILES string of the molecule is CCCNC1(CO)CCCC1CCSC(C)CC. The molecule has 108 valence electrons. The highest BCUT2D eigenvalue weighted by atomic mass is 32.2. The average Bonchev–Trinajstić information content (AvgIpc) is 2.80. The van der Waals surface area contributed by atoms with Crippen LogP contribution in [0.5, 0.6) is 0 Å². The second kappa shape index (κ2) is 8.44. The molecule has 0 aliphatic heterocycles. The van der Waals surface area contributed by atoms with Crippen LogP contribution >= 0.6 is 11.8 Å². The zero-order chi connectivity index (χ0) is 13.4. The van der Waals surface area contributed by atoms with Crippen LogP contribution in [-0.2, 0) is 0 Å². The first-order chi connectivity index (χ1) is 8.68. The third kappa shape index (κ3) is 4.43. The predicted molar refractivity (Wildman–Crippen MR) is 82.3 cm³/mol. The zero-order valence-corrected chi connectivity index (χ0v) is 13.2. The highest BCUT2D eigenvalue weighted by Crippen LogP contribution is 2.38. The zero-order valence-electron chi connectivity index (χ0n) is 12.4. The summed E-state index contributed by atoms with van der Waals surface area (Å²) in [6, 6.07) is 0. The molecule has 0 heterocycles. The molecule has 1 rings (SSSR count). The fraction of sp³-hybridized carbons (Fsp3) is 1.00. The van der Waals surface area contributed by atoms with E-state index in [-0.39, 0.29) is 5.54 Å². The maximum atomic E-state index is 9.80. The molecular formula is C15H31NOS. The minimum atomic E-state index is 0.0338. The van der Waals surface area contributed by atoms with E-state index in [0.717, 1.165) is 24.6 Å². The van der Waals surface area contributed by atoms with Crippen molar-refractivity contribution >= 4 is 11.8 Å². The Hall–Kier alpha value is 0.270. The van der Waals surface area contributed by atoms with Gasteiger partial charge in [-0.25, -0.2) is 0 Å². The summed E-state index contributed by atoms with van der Waals surface area (Å²) in [5, 5.41) is 14.2. The van der Waals surface area contributed by atoms with Gasteiger partial charge in [0, 0.05) is 10.8 Å². The Kier molecular flexibility index (Phi) is 7.66. The Bertz CT molecular complexity index is 225. The first kappa shape index (κ1) is 16.3. The van der Waals surface area contributed by atoms with Gasteiger partial charge in [0.25, 0.3) is 0 Å². The van der Waals surface area contributed by atoms with E-state index in [4.69, 9.17) is 0 Å². The lowest BCUT2D eigenvalue weighted by Gasteiger charge is -2.35. The Balaban J connectivity index is 2.41. The molecule has 0 bridgehead atoms. The van der Waals surface area contributed by atoms with Crippen molar-refractivity contribution in [3.05, 3.63) is 0 Å². The summed E-state index contributed by atoms with van der Waals surface area (Å²) in [6.07, 6.45) is 7.38. The van der Waals surface area contributed by atoms with Gasteiger partial charge in [-0.2, -0.15) is 11.8 Å².